The molecule has 0 unspecified atom stereocenters. The Kier molecular flexibility index (Phi) is 5.06. The fourth-order valence-electron chi connectivity index (χ4n) is 2.48. The van der Waals surface area contributed by atoms with Gasteiger partial charge in [0.2, 0.25) is 0 Å². The van der Waals surface area contributed by atoms with E-state index in [9.17, 15) is 9.18 Å². The van der Waals surface area contributed by atoms with E-state index in [0.717, 1.165) is 22.2 Å². The Morgan fingerprint density at radius 3 is 2.89 bits per heavy atom. The van der Waals surface area contributed by atoms with Gasteiger partial charge in [0.25, 0.3) is 5.91 Å². The number of hydrogen-bond acceptors (Lipinski definition) is 5. The van der Waals surface area contributed by atoms with Crippen molar-refractivity contribution in [3.63, 3.8) is 0 Å². The van der Waals surface area contributed by atoms with E-state index in [4.69, 9.17) is 11.1 Å². The van der Waals surface area contributed by atoms with Gasteiger partial charge in [-0.15, -0.1) is 0 Å². The zero-order valence-electron chi connectivity index (χ0n) is 14.4. The molecule has 0 saturated heterocycles. The monoisotopic (exact) mass is 362 g/mol. The van der Waals surface area contributed by atoms with Crippen molar-refractivity contribution in [2.45, 2.75) is 0 Å². The fourth-order valence-corrected chi connectivity index (χ4v) is 2.48. The zero-order valence-corrected chi connectivity index (χ0v) is 14.4. The summed E-state index contributed by atoms with van der Waals surface area (Å²) in [7, 11) is 1.81. The van der Waals surface area contributed by atoms with Gasteiger partial charge in [0.15, 0.2) is 0 Å². The summed E-state index contributed by atoms with van der Waals surface area (Å²) in [5.41, 5.74) is 2.48. The number of aryl methyl sites for hydroxylation is 1. The molecule has 1 amide bonds. The number of rotatable bonds is 4. The predicted octanol–water partition coefficient (Wildman–Crippen LogP) is 2.41. The van der Waals surface area contributed by atoms with Crippen LogP contribution in [0.5, 0.6) is 0 Å². The van der Waals surface area contributed by atoms with E-state index in [-0.39, 0.29) is 11.3 Å². The van der Waals surface area contributed by atoms with Gasteiger partial charge in [-0.25, -0.2) is 15.2 Å². The number of hydrogen-bond donors (Lipinski definition) is 1. The van der Waals surface area contributed by atoms with Crippen molar-refractivity contribution in [3.8, 4) is 17.2 Å². The van der Waals surface area contributed by atoms with Crippen LogP contribution in [-0.4, -0.2) is 20.7 Å². The number of nitriles is 1. The summed E-state index contributed by atoms with van der Waals surface area (Å²) in [5.74, 6) is 4.59. The van der Waals surface area contributed by atoms with Crippen molar-refractivity contribution in [2.24, 2.45) is 12.9 Å². The number of pyridine rings is 1. The molecule has 0 radical (unpaired) electrons. The Bertz CT molecular complexity index is 1070. The molecule has 27 heavy (non-hydrogen) atoms. The number of aromatic nitrogens is 3. The largest absolute Gasteiger partial charge is 0.275 e. The van der Waals surface area contributed by atoms with E-state index in [1.165, 1.54) is 18.2 Å². The number of carbonyl (C=O) groups is 1. The average molecular weight is 362 g/mol. The molecule has 3 rings (SSSR count). The number of benzene rings is 1. The Hall–Kier alpha value is -3.83. The van der Waals surface area contributed by atoms with Crippen molar-refractivity contribution in [1.82, 2.24) is 14.8 Å². The lowest BCUT2D eigenvalue weighted by Gasteiger charge is -2.15. The second kappa shape index (κ2) is 7.59. The highest BCUT2D eigenvalue weighted by molar-refractivity contribution is 6.03. The summed E-state index contributed by atoms with van der Waals surface area (Å²) in [6.45, 7) is 0. The van der Waals surface area contributed by atoms with Crippen LogP contribution in [0.2, 0.25) is 0 Å². The van der Waals surface area contributed by atoms with Gasteiger partial charge in [-0.3, -0.25) is 14.5 Å². The molecule has 1 aromatic carbocycles. The molecular weight excluding hydrogens is 347 g/mol. The molecule has 0 aliphatic carbocycles. The van der Waals surface area contributed by atoms with Crippen molar-refractivity contribution >= 4 is 17.7 Å². The summed E-state index contributed by atoms with van der Waals surface area (Å²) in [4.78, 5) is 16.4. The molecule has 8 heteroatoms. The van der Waals surface area contributed by atoms with Crippen molar-refractivity contribution in [1.29, 1.82) is 5.26 Å². The highest BCUT2D eigenvalue weighted by Gasteiger charge is 2.12. The maximum Gasteiger partial charge on any atom is 0.265 e. The highest BCUT2D eigenvalue weighted by atomic mass is 19.1. The molecule has 2 aromatic heterocycles. The fraction of sp³-hybridized carbons (Fsp3) is 0.0526. The van der Waals surface area contributed by atoms with Crippen molar-refractivity contribution in [2.75, 3.05) is 5.01 Å². The standard InChI is InChI=1S/C19H15FN6O/c1-25-12-15(11-24-25)17-6-7-23-10-13(17)2-5-19(27)26(22)16-3-4-18(20)14(8-16)9-21/h2-8,10-12H,22H2,1H3/b5-2+. The van der Waals surface area contributed by atoms with Crippen molar-refractivity contribution in [3.05, 3.63) is 72.1 Å². The van der Waals surface area contributed by atoms with E-state index >= 15 is 0 Å². The average Bonchev–Trinajstić information content (AvgIpc) is 3.12. The molecule has 3 aromatic rings. The van der Waals surface area contributed by atoms with Gasteiger partial charge in [-0.1, -0.05) is 0 Å². The number of halogens is 1. The molecule has 0 saturated carbocycles. The van der Waals surface area contributed by atoms with Gasteiger partial charge in [-0.05, 0) is 35.9 Å². The number of amides is 1. The molecule has 2 heterocycles. The summed E-state index contributed by atoms with van der Waals surface area (Å²) < 4.78 is 15.1. The minimum absolute atomic E-state index is 0.189. The van der Waals surface area contributed by atoms with E-state index in [0.29, 0.717) is 5.56 Å². The molecule has 2 N–H and O–H groups in total. The molecule has 0 spiro atoms. The molecule has 7 nitrogen and oxygen atoms in total. The van der Waals surface area contributed by atoms with Gasteiger partial charge in [0.05, 0.1) is 17.4 Å². The minimum atomic E-state index is -0.672. The van der Waals surface area contributed by atoms with Crippen LogP contribution in [0.25, 0.3) is 17.2 Å². The molecule has 0 aliphatic rings. The first-order valence-electron chi connectivity index (χ1n) is 7.89. The first kappa shape index (κ1) is 18.0. The van der Waals surface area contributed by atoms with E-state index in [2.05, 4.69) is 10.1 Å². The number of nitrogens with two attached hydrogens (primary N) is 1. The molecule has 0 aliphatic heterocycles. The van der Waals surface area contributed by atoms with E-state index < -0.39 is 11.7 Å². The topological polar surface area (TPSA) is 101 Å². The zero-order chi connectivity index (χ0) is 19.4. The van der Waals surface area contributed by atoms with Crippen LogP contribution in [0.3, 0.4) is 0 Å². The molecule has 0 atom stereocenters. The Morgan fingerprint density at radius 2 is 2.19 bits per heavy atom. The summed E-state index contributed by atoms with van der Waals surface area (Å²) >= 11 is 0. The first-order valence-corrected chi connectivity index (χ1v) is 7.89. The molecule has 0 fully saturated rings. The second-order valence-corrected chi connectivity index (χ2v) is 5.68. The van der Waals surface area contributed by atoms with Crippen LogP contribution in [0.1, 0.15) is 11.1 Å². The van der Waals surface area contributed by atoms with Crippen LogP contribution >= 0.6 is 0 Å². The number of carbonyl (C=O) groups excluding carboxylic acids is 1. The van der Waals surface area contributed by atoms with Crippen LogP contribution in [0.15, 0.2) is 55.1 Å². The summed E-state index contributed by atoms with van der Waals surface area (Å²) in [6.07, 6.45) is 9.72. The van der Waals surface area contributed by atoms with Gasteiger partial charge >= 0.3 is 0 Å². The third-order valence-corrected chi connectivity index (χ3v) is 3.86. The SMILES string of the molecule is Cn1cc(-c2ccncc2/C=C/C(=O)N(N)c2ccc(F)c(C#N)c2)cn1. The first-order chi connectivity index (χ1) is 13.0. The van der Waals surface area contributed by atoms with Crippen LogP contribution in [0, 0.1) is 17.1 Å². The minimum Gasteiger partial charge on any atom is -0.275 e. The number of hydrazine groups is 1. The van der Waals surface area contributed by atoms with Crippen LogP contribution < -0.4 is 10.9 Å². The smallest absolute Gasteiger partial charge is 0.265 e. The number of nitrogens with zero attached hydrogens (tertiary/aromatic N) is 5. The highest BCUT2D eigenvalue weighted by Crippen LogP contribution is 2.23. The maximum absolute atomic E-state index is 13.4. The molecular formula is C19H15FN6O. The lowest BCUT2D eigenvalue weighted by atomic mass is 10.0. The van der Waals surface area contributed by atoms with Crippen molar-refractivity contribution < 1.29 is 9.18 Å². The number of anilines is 1. The Labute approximate surface area is 154 Å². The predicted molar refractivity (Wildman–Crippen MR) is 98.3 cm³/mol. The van der Waals surface area contributed by atoms with Crippen LogP contribution in [0.4, 0.5) is 10.1 Å². The van der Waals surface area contributed by atoms with Gasteiger partial charge in [-0.2, -0.15) is 10.4 Å². The summed E-state index contributed by atoms with van der Waals surface area (Å²) in [6, 6.07) is 7.16. The Morgan fingerprint density at radius 1 is 1.37 bits per heavy atom. The molecule has 134 valence electrons. The Balaban J connectivity index is 1.84. The third-order valence-electron chi connectivity index (χ3n) is 3.86. The lowest BCUT2D eigenvalue weighted by molar-refractivity contribution is -0.114. The normalized spacial score (nSPS) is 10.7. The van der Waals surface area contributed by atoms with Gasteiger partial charge in [0, 0.05) is 42.8 Å². The maximum atomic E-state index is 13.4. The lowest BCUT2D eigenvalue weighted by Crippen LogP contribution is -2.36. The van der Waals surface area contributed by atoms with Gasteiger partial charge < -0.3 is 0 Å². The van der Waals surface area contributed by atoms with E-state index in [1.807, 2.05) is 19.3 Å². The molecule has 0 bridgehead atoms. The quantitative estimate of drug-likeness (QED) is 0.332. The third kappa shape index (κ3) is 3.89. The van der Waals surface area contributed by atoms with Crippen LogP contribution in [-0.2, 0) is 11.8 Å². The van der Waals surface area contributed by atoms with E-state index in [1.54, 1.807) is 35.4 Å². The summed E-state index contributed by atoms with van der Waals surface area (Å²) in [5, 5.41) is 13.9. The van der Waals surface area contributed by atoms with Gasteiger partial charge in [0.1, 0.15) is 11.9 Å². The second-order valence-electron chi connectivity index (χ2n) is 5.68.